The molecule has 0 spiro atoms. The minimum Gasteiger partial charge on any atom is -0.493 e. The van der Waals surface area contributed by atoms with E-state index in [0.717, 1.165) is 12.4 Å². The van der Waals surface area contributed by atoms with Crippen LogP contribution in [0.2, 0.25) is 0 Å². The van der Waals surface area contributed by atoms with Gasteiger partial charge < -0.3 is 14.1 Å². The zero-order valence-corrected chi connectivity index (χ0v) is 30.0. The summed E-state index contributed by atoms with van der Waals surface area (Å²) >= 11 is 2.12. The second kappa shape index (κ2) is 20.8. The van der Waals surface area contributed by atoms with Crippen molar-refractivity contribution in [1.82, 2.24) is 4.90 Å². The number of rotatable bonds is 12. The van der Waals surface area contributed by atoms with Gasteiger partial charge in [-0.15, -0.1) is 24.6 Å². The molecule has 6 rings (SSSR count). The number of thioether (sulfide) groups is 1. The average molecular weight is 623 g/mol. The van der Waals surface area contributed by atoms with Crippen LogP contribution in [0.4, 0.5) is 5.69 Å². The summed E-state index contributed by atoms with van der Waals surface area (Å²) in [5, 5.41) is 0. The van der Waals surface area contributed by atoms with Crippen molar-refractivity contribution >= 4 is 17.4 Å². The lowest BCUT2D eigenvalue weighted by Crippen LogP contribution is -2.67. The van der Waals surface area contributed by atoms with Crippen LogP contribution in [0.15, 0.2) is 53.4 Å². The average Bonchev–Trinajstić information content (AvgIpc) is 3.28. The molecule has 2 bridgehead atoms. The van der Waals surface area contributed by atoms with Crippen molar-refractivity contribution in [1.29, 1.82) is 0 Å². The highest BCUT2D eigenvalue weighted by atomic mass is 32.2. The number of para-hydroxylation sites is 1. The molecule has 0 amide bonds. The molecule has 4 heterocycles. The Bertz CT molecular complexity index is 1020. The normalized spacial score (nSPS) is 21.0. The number of ether oxygens (including phenoxy) is 1. The molecule has 44 heavy (non-hydrogen) atoms. The van der Waals surface area contributed by atoms with E-state index >= 15 is 0 Å². The lowest BCUT2D eigenvalue weighted by atomic mass is 9.75. The third kappa shape index (κ3) is 12.0. The minimum atomic E-state index is 0.577. The van der Waals surface area contributed by atoms with Gasteiger partial charge in [-0.1, -0.05) is 71.6 Å². The van der Waals surface area contributed by atoms with Crippen molar-refractivity contribution in [2.75, 3.05) is 77.2 Å². The third-order valence-corrected chi connectivity index (χ3v) is 11.1. The Morgan fingerprint density at radius 2 is 1.50 bits per heavy atom. The molecule has 4 nitrogen and oxygen atoms in total. The molecule has 0 aromatic heterocycles. The highest BCUT2D eigenvalue weighted by Crippen LogP contribution is 2.45. The molecule has 3 saturated heterocycles. The Labute approximate surface area is 276 Å². The summed E-state index contributed by atoms with van der Waals surface area (Å²) in [6, 6.07) is 17.2. The van der Waals surface area contributed by atoms with E-state index in [0.29, 0.717) is 5.41 Å². The maximum absolute atomic E-state index is 5.78. The van der Waals surface area contributed by atoms with Crippen molar-refractivity contribution in [3.05, 3.63) is 54.1 Å². The fourth-order valence-corrected chi connectivity index (χ4v) is 8.08. The van der Waals surface area contributed by atoms with E-state index in [9.17, 15) is 0 Å². The molecule has 0 aliphatic carbocycles. The van der Waals surface area contributed by atoms with E-state index in [-0.39, 0.29) is 0 Å². The summed E-state index contributed by atoms with van der Waals surface area (Å²) in [7, 11) is 4.27. The summed E-state index contributed by atoms with van der Waals surface area (Å²) in [4.78, 5) is 6.35. The van der Waals surface area contributed by atoms with Crippen molar-refractivity contribution in [3.63, 3.8) is 0 Å². The Morgan fingerprint density at radius 3 is 2.07 bits per heavy atom. The Morgan fingerprint density at radius 1 is 0.886 bits per heavy atom. The van der Waals surface area contributed by atoms with Gasteiger partial charge in [-0.25, -0.2) is 0 Å². The zero-order valence-electron chi connectivity index (χ0n) is 29.2. The zero-order chi connectivity index (χ0) is 32.3. The van der Waals surface area contributed by atoms with Crippen LogP contribution in [-0.2, 0) is 6.42 Å². The number of benzene rings is 2. The fourth-order valence-electron chi connectivity index (χ4n) is 6.68. The van der Waals surface area contributed by atoms with Crippen LogP contribution >= 0.6 is 11.8 Å². The second-order valence-electron chi connectivity index (χ2n) is 12.8. The number of piperazine rings is 3. The Kier molecular flexibility index (Phi) is 18.0. The van der Waals surface area contributed by atoms with Crippen LogP contribution in [0.5, 0.6) is 5.75 Å². The van der Waals surface area contributed by atoms with E-state index in [1.165, 1.54) is 124 Å². The van der Waals surface area contributed by atoms with Gasteiger partial charge in [0.1, 0.15) is 5.75 Å². The number of anilines is 1. The van der Waals surface area contributed by atoms with Gasteiger partial charge in [-0.2, -0.15) is 0 Å². The summed E-state index contributed by atoms with van der Waals surface area (Å²) in [5.41, 5.74) is 3.49. The fraction of sp³-hybridized carbons (Fsp3) is 0.641. The van der Waals surface area contributed by atoms with Crippen LogP contribution in [0.3, 0.4) is 0 Å². The molecular formula is C39H64N3OS+. The van der Waals surface area contributed by atoms with E-state index in [2.05, 4.69) is 80.6 Å². The molecular weight excluding hydrogens is 559 g/mol. The van der Waals surface area contributed by atoms with Crippen LogP contribution in [-0.4, -0.2) is 81.7 Å². The monoisotopic (exact) mass is 622 g/mol. The van der Waals surface area contributed by atoms with Crippen LogP contribution in [0, 0.1) is 18.3 Å². The first-order chi connectivity index (χ1) is 21.5. The molecule has 0 saturated carbocycles. The largest absolute Gasteiger partial charge is 0.493 e. The smallest absolute Gasteiger partial charge is 0.119 e. The second-order valence-corrected chi connectivity index (χ2v) is 13.8. The number of nitrogens with zero attached hydrogens (tertiary/aromatic N) is 3. The summed E-state index contributed by atoms with van der Waals surface area (Å²) < 4.78 is 7.12. The summed E-state index contributed by atoms with van der Waals surface area (Å²) in [5.74, 6) is 2.32. The molecule has 2 aromatic carbocycles. The first-order valence-electron chi connectivity index (χ1n) is 17.5. The molecule has 0 unspecified atom stereocenters. The maximum Gasteiger partial charge on any atom is 0.119 e. The maximum atomic E-state index is 5.78. The van der Waals surface area contributed by atoms with Gasteiger partial charge in [-0.3, -0.25) is 4.90 Å². The Hall–Kier alpha value is -2.13. The molecule has 4 aliphatic rings. The molecule has 2 aromatic rings. The van der Waals surface area contributed by atoms with Gasteiger partial charge in [0.15, 0.2) is 0 Å². The van der Waals surface area contributed by atoms with E-state index < -0.39 is 0 Å². The van der Waals surface area contributed by atoms with E-state index in [1.54, 1.807) is 5.56 Å². The first-order valence-corrected chi connectivity index (χ1v) is 18.5. The van der Waals surface area contributed by atoms with E-state index in [1.807, 2.05) is 44.2 Å². The lowest BCUT2D eigenvalue weighted by molar-refractivity contribution is -0.941. The number of hydrogen-bond acceptors (Lipinski definition) is 4. The molecule has 0 atom stereocenters. The number of fused-ring (bicyclic) bond motifs is 4. The van der Waals surface area contributed by atoms with E-state index in [4.69, 9.17) is 4.74 Å². The topological polar surface area (TPSA) is 15.7 Å². The quantitative estimate of drug-likeness (QED) is 0.133. The highest BCUT2D eigenvalue weighted by Gasteiger charge is 2.37. The van der Waals surface area contributed by atoms with Crippen molar-refractivity contribution in [2.24, 2.45) is 5.41 Å². The van der Waals surface area contributed by atoms with Crippen molar-refractivity contribution in [2.45, 2.75) is 90.4 Å². The van der Waals surface area contributed by atoms with Crippen molar-refractivity contribution in [3.8, 4) is 18.6 Å². The molecule has 3 fully saturated rings. The number of unbranched alkanes of at least 4 members (excludes halogenated alkanes) is 2. The summed E-state index contributed by atoms with van der Waals surface area (Å²) in [6.45, 7) is 18.8. The molecule has 5 heteroatoms. The van der Waals surface area contributed by atoms with Gasteiger partial charge in [0.25, 0.3) is 0 Å². The summed E-state index contributed by atoms with van der Waals surface area (Å²) in [6.07, 6.45) is 20.1. The molecule has 0 N–H and O–H groups in total. The predicted molar refractivity (Wildman–Crippen MR) is 195 cm³/mol. The number of terminal acetylenes is 1. The third-order valence-electron chi connectivity index (χ3n) is 9.60. The molecule has 0 radical (unpaired) electrons. The van der Waals surface area contributed by atoms with Crippen LogP contribution < -0.4 is 9.64 Å². The lowest BCUT2D eigenvalue weighted by Gasteiger charge is -2.50. The van der Waals surface area contributed by atoms with Crippen LogP contribution in [0.1, 0.15) is 84.6 Å². The molecule has 4 aliphatic heterocycles. The standard InChI is InChI=1S/C20H33NS.C15H23N2O.C2H6.C2H2/c1-5-7-12-20(13-8-6-2)14-11-17-15-18(21(3)4)9-10-19(17)22-16-20;1-2-5-15(6-3-1)18-14-4-10-17-11-7-16(8-12-17)9-13-17;2*1-2/h9-10,15H,5-8,11-14,16H2,1-4H3;1-3,5-6H,4,7-14H2;1-2H3;1-2H/q;+1;;. The highest BCUT2D eigenvalue weighted by molar-refractivity contribution is 7.99. The number of hydrogen-bond donors (Lipinski definition) is 0. The van der Waals surface area contributed by atoms with Gasteiger partial charge in [0, 0.05) is 56.5 Å². The first kappa shape index (κ1) is 38.1. The van der Waals surface area contributed by atoms with Gasteiger partial charge in [0.2, 0.25) is 0 Å². The number of quaternary nitrogens is 1. The number of aryl methyl sites for hydroxylation is 1. The van der Waals surface area contributed by atoms with Gasteiger partial charge in [-0.05, 0) is 67.0 Å². The van der Waals surface area contributed by atoms with Gasteiger partial charge >= 0.3 is 0 Å². The van der Waals surface area contributed by atoms with Gasteiger partial charge in [0.05, 0.1) is 32.8 Å². The predicted octanol–water partition coefficient (Wildman–Crippen LogP) is 9.03. The SMILES string of the molecule is C#C.CC.CCCCC1(CCCC)CCc2cc(N(C)C)ccc2SC1.c1ccc(OCCC[N+]23CCN(CC2)CC3)cc1. The van der Waals surface area contributed by atoms with Crippen LogP contribution in [0.25, 0.3) is 0 Å². The molecule has 246 valence electrons. The van der Waals surface area contributed by atoms with Crippen molar-refractivity contribution < 1.29 is 9.22 Å². The Balaban J connectivity index is 0.000000279. The minimum absolute atomic E-state index is 0.577.